The average Bonchev–Trinajstić information content (AvgIpc) is 2.41. The normalized spacial score (nSPS) is 8.72. The summed E-state index contributed by atoms with van der Waals surface area (Å²) in [7, 11) is -23.3. The van der Waals surface area contributed by atoms with E-state index >= 15 is 0 Å². The molecule has 0 aliphatic heterocycles. The summed E-state index contributed by atoms with van der Waals surface area (Å²) in [5, 5.41) is 73.8. The van der Waals surface area contributed by atoms with Gasteiger partial charge in [-0.05, 0) is 0 Å². The average molecular weight is 959 g/mol. The molecule has 47 heteroatoms. The molecule has 47 heavy (non-hydrogen) atoms. The number of hydrogen-bond donors (Lipinski definition) is 11. The van der Waals surface area contributed by atoms with Gasteiger partial charge in [0, 0.05) is 0 Å². The molecule has 41 nitrogen and oxygen atoms in total. The zero-order valence-corrected chi connectivity index (χ0v) is 27.7. The van der Waals surface area contributed by atoms with Crippen molar-refractivity contribution in [3.8, 4) is 0 Å². The molecule has 0 fully saturated rings. The smallest absolute Gasteiger partial charge is 0.369 e. The van der Waals surface area contributed by atoms with E-state index in [1.807, 2.05) is 0 Å². The van der Waals surface area contributed by atoms with Crippen molar-refractivity contribution in [2.45, 2.75) is 0 Å². The largest absolute Gasteiger partial charge is 4.00 e. The van der Waals surface area contributed by atoms with Gasteiger partial charge in [0.25, 0.3) is 0 Å². The molecule has 0 radical (unpaired) electrons. The minimum absolute atomic E-state index is 0. The second-order valence-electron chi connectivity index (χ2n) is 3.36. The molecule has 0 spiro atoms. The summed E-state index contributed by atoms with van der Waals surface area (Å²) in [5.74, 6) is 0. The van der Waals surface area contributed by atoms with Crippen LogP contribution in [0.25, 0.3) is 0 Å². The number of rotatable bonds is 0. The molecule has 0 rings (SSSR count). The monoisotopic (exact) mass is 958 g/mol. The van der Waals surface area contributed by atoms with Crippen LogP contribution in [0.2, 0.25) is 0 Å². The molecule has 0 saturated carbocycles. The minimum Gasteiger partial charge on any atom is -0.369 e. The van der Waals surface area contributed by atoms with Crippen LogP contribution < -0.4 is 6.15 Å². The van der Waals surface area contributed by atoms with Gasteiger partial charge in [-0.1, -0.05) is 0 Å². The molecule has 0 heterocycles. The second-order valence-corrected chi connectivity index (χ2v) is 7.84. The first-order valence-electron chi connectivity index (χ1n) is 6.23. The Morgan fingerprint density at radius 2 is 0.277 bits per heavy atom. The van der Waals surface area contributed by atoms with Crippen molar-refractivity contribution in [1.82, 2.24) is 6.15 Å². The predicted octanol–water partition coefficient (Wildman–Crippen LogP) is -4.08. The van der Waals surface area contributed by atoms with Gasteiger partial charge in [-0.3, -0.25) is 45.5 Å². The minimum atomic E-state index is -4.67. The van der Waals surface area contributed by atoms with Crippen molar-refractivity contribution in [3.63, 3.8) is 0 Å². The summed E-state index contributed by atoms with van der Waals surface area (Å²) in [6.07, 6.45) is 0. The molecule has 288 valence electrons. The summed E-state index contributed by atoms with van der Waals surface area (Å²) < 4.78 is 158. The summed E-state index contributed by atoms with van der Waals surface area (Å²) in [6.45, 7) is 0. The van der Waals surface area contributed by atoms with Crippen molar-refractivity contribution in [1.29, 1.82) is 0 Å². The molecule has 0 aliphatic carbocycles. The summed E-state index contributed by atoms with van der Waals surface area (Å²) in [6, 6.07) is 0. The van der Waals surface area contributed by atoms with Crippen LogP contribution in [0.5, 0.6) is 0 Å². The zero-order valence-electron chi connectivity index (χ0n) is 20.5. The van der Waals surface area contributed by atoms with Crippen molar-refractivity contribution < 1.29 is 155 Å². The van der Waals surface area contributed by atoms with Crippen molar-refractivity contribution in [3.05, 3.63) is 76.6 Å². The zero-order chi connectivity index (χ0) is 40.4. The Hall–Kier alpha value is -3.31. The van der Waals surface area contributed by atoms with Gasteiger partial charge in [-0.15, -0.1) is 0 Å². The van der Waals surface area contributed by atoms with E-state index in [2.05, 4.69) is 0 Å². The van der Waals surface area contributed by atoms with Crippen LogP contribution >= 0.6 is 0 Å². The molecule has 0 unspecified atom stereocenters. The number of quaternary nitrogens is 1. The molecule has 0 atom stereocenters. The van der Waals surface area contributed by atoms with E-state index < -0.39 is 77.4 Å². The molecule has 0 aromatic rings. The van der Waals surface area contributed by atoms with Gasteiger partial charge in [0.05, 0.1) is 25.4 Å². The van der Waals surface area contributed by atoms with E-state index in [0.29, 0.717) is 0 Å². The molecular weight excluding hydrogens is 944 g/mol. The Kier molecular flexibility index (Phi) is 72.0. The van der Waals surface area contributed by atoms with Crippen molar-refractivity contribution in [2.75, 3.05) is 0 Å². The molecule has 0 aliphatic rings. The molecule has 0 amide bonds. The second kappa shape index (κ2) is 42.7. The maximum Gasteiger partial charge on any atom is 4.00 e. The van der Waals surface area contributed by atoms with Crippen LogP contribution in [0.15, 0.2) is 0 Å². The first kappa shape index (κ1) is 79.3. The molecule has 0 aromatic heterocycles. The summed E-state index contributed by atoms with van der Waals surface area (Å²) in [5.41, 5.74) is 0. The predicted molar refractivity (Wildman–Crippen MR) is 129 cm³/mol. The van der Waals surface area contributed by atoms with Crippen LogP contribution in [0.1, 0.15) is 0 Å². The van der Waals surface area contributed by atoms with Crippen LogP contribution in [-0.2, 0) is 52.0 Å². The quantitative estimate of drug-likeness (QED) is 0.0625. The van der Waals surface area contributed by atoms with Crippen molar-refractivity contribution >= 4 is 52.0 Å². The summed E-state index contributed by atoms with van der Waals surface area (Å²) in [4.78, 5) is 41.2. The van der Waals surface area contributed by atoms with E-state index in [4.69, 9.17) is 164 Å². The summed E-state index contributed by atoms with van der Waals surface area (Å²) >= 11 is 0. The standard InChI is InChI=1S/Ce.5NO3.H3N.5H2O4S/c;5*2-1(3)4;;5*1-5(2,3)4/h;;;;;;1H3;5*(H2,1,2,3,4)/q+4;5*-1;;;;;;/p+1. The van der Waals surface area contributed by atoms with Crippen LogP contribution in [0, 0.1) is 118 Å². The Balaban J connectivity index is -0.0000000289. The third kappa shape index (κ3) is 6440. The van der Waals surface area contributed by atoms with Gasteiger partial charge in [-0.2, -0.15) is 42.1 Å². The van der Waals surface area contributed by atoms with Gasteiger partial charge in [0.1, 0.15) is 0 Å². The number of hydrogen-bond acceptors (Lipinski definition) is 25. The van der Waals surface area contributed by atoms with Crippen LogP contribution in [0.3, 0.4) is 0 Å². The Labute approximate surface area is 288 Å². The fraction of sp³-hybridized carbons (Fsp3) is 0. The SMILES string of the molecule is O=S(=O)(O)O.O=S(=O)(O)O.O=S(=O)(O)O.O=S(=O)(O)O.O=S(=O)(O)O.O=[N+]([O-])[O-].O=[N+]([O-])[O-].O=[N+]([O-])[O-].O=[N+]([O-])[O-].O=[N+]([O-])[O-].[Ce+4].[NH4+]. The fourth-order valence-electron chi connectivity index (χ4n) is 0. The maximum absolute atomic E-state index is 8.74. The molecular formula is H14CeN6O35S5. The first-order chi connectivity index (χ1) is 18.7. The third-order valence-corrected chi connectivity index (χ3v) is 0. The van der Waals surface area contributed by atoms with E-state index in [9.17, 15) is 0 Å². The maximum atomic E-state index is 8.74. The van der Waals surface area contributed by atoms with Gasteiger partial charge >= 0.3 is 93.7 Å². The van der Waals surface area contributed by atoms with E-state index in [0.717, 1.165) is 0 Å². The van der Waals surface area contributed by atoms with E-state index in [1.54, 1.807) is 0 Å². The van der Waals surface area contributed by atoms with Gasteiger partial charge in [0.2, 0.25) is 0 Å². The molecule has 14 N–H and O–H groups in total. The van der Waals surface area contributed by atoms with Gasteiger partial charge in [-0.25, -0.2) is 0 Å². The topological polar surface area (TPSA) is 740 Å². The number of nitrogens with zero attached hydrogens (tertiary/aromatic N) is 5. The Morgan fingerprint density at radius 1 is 0.277 bits per heavy atom. The van der Waals surface area contributed by atoms with Crippen LogP contribution in [0.4, 0.5) is 0 Å². The fourth-order valence-corrected chi connectivity index (χ4v) is 0. The molecule has 0 bridgehead atoms. The Bertz CT molecular complexity index is 1010. The van der Waals surface area contributed by atoms with Crippen molar-refractivity contribution in [2.24, 2.45) is 0 Å². The first-order valence-corrected chi connectivity index (χ1v) is 13.2. The van der Waals surface area contributed by atoms with E-state index in [1.165, 1.54) is 0 Å². The van der Waals surface area contributed by atoms with E-state index in [-0.39, 0.29) is 47.9 Å². The third-order valence-electron chi connectivity index (χ3n) is 0. The van der Waals surface area contributed by atoms with Crippen LogP contribution in [-0.4, -0.2) is 113 Å². The van der Waals surface area contributed by atoms with Gasteiger partial charge < -0.3 is 82.8 Å². The van der Waals surface area contributed by atoms with Gasteiger partial charge in [0.15, 0.2) is 0 Å². The Morgan fingerprint density at radius 3 is 0.277 bits per heavy atom. The molecule has 0 aromatic carbocycles. The molecule has 0 saturated heterocycles.